The summed E-state index contributed by atoms with van der Waals surface area (Å²) in [5, 5.41) is 14.7. The van der Waals surface area contributed by atoms with Gasteiger partial charge in [-0.25, -0.2) is 0 Å². The number of hydrogen-bond acceptors (Lipinski definition) is 4. The van der Waals surface area contributed by atoms with E-state index in [1.165, 1.54) is 10.8 Å². The van der Waals surface area contributed by atoms with Crippen molar-refractivity contribution in [3.63, 3.8) is 0 Å². The Labute approximate surface area is 232 Å². The van der Waals surface area contributed by atoms with Gasteiger partial charge in [0.1, 0.15) is 29.7 Å². The highest BCUT2D eigenvalue weighted by molar-refractivity contribution is 14.1. The second-order valence-corrected chi connectivity index (χ2v) is 9.89. The maximum atomic E-state index is 12.7. The summed E-state index contributed by atoms with van der Waals surface area (Å²) in [6.45, 7) is 2.83. The quantitative estimate of drug-likeness (QED) is 0.120. The number of hydrogen-bond donors (Lipinski definition) is 1. The SMILES string of the molecule is CCOc1cccc(NC(=O)/C(C#N)=C\c2cc(Br)c(OCc3ccc4ccccc4c3)c(I)c2)c1. The molecule has 4 rings (SSSR count). The van der Waals surface area contributed by atoms with Crippen molar-refractivity contribution in [1.82, 2.24) is 0 Å². The van der Waals surface area contributed by atoms with Crippen LogP contribution in [0.4, 0.5) is 5.69 Å². The fraction of sp³-hybridized carbons (Fsp3) is 0.103. The van der Waals surface area contributed by atoms with Gasteiger partial charge in [0.15, 0.2) is 0 Å². The fourth-order valence-corrected chi connectivity index (χ4v) is 5.40. The lowest BCUT2D eigenvalue weighted by Gasteiger charge is -2.12. The van der Waals surface area contributed by atoms with Crippen molar-refractivity contribution in [3.8, 4) is 17.6 Å². The molecule has 1 N–H and O–H groups in total. The third-order valence-electron chi connectivity index (χ3n) is 5.30. The highest BCUT2D eigenvalue weighted by atomic mass is 127. The van der Waals surface area contributed by atoms with Crippen LogP contribution in [-0.4, -0.2) is 12.5 Å². The molecule has 180 valence electrons. The molecule has 4 aromatic carbocycles. The van der Waals surface area contributed by atoms with Crippen molar-refractivity contribution in [2.45, 2.75) is 13.5 Å². The number of nitrogens with one attached hydrogen (secondary N) is 1. The summed E-state index contributed by atoms with van der Waals surface area (Å²) in [6.07, 6.45) is 1.56. The van der Waals surface area contributed by atoms with Gasteiger partial charge in [-0.3, -0.25) is 4.79 Å². The Morgan fingerprint density at radius 2 is 1.83 bits per heavy atom. The van der Waals surface area contributed by atoms with Gasteiger partial charge in [0.25, 0.3) is 5.91 Å². The lowest BCUT2D eigenvalue weighted by atomic mass is 10.1. The Morgan fingerprint density at radius 1 is 1.03 bits per heavy atom. The first-order valence-corrected chi connectivity index (χ1v) is 13.1. The van der Waals surface area contributed by atoms with Gasteiger partial charge in [0.05, 0.1) is 14.6 Å². The molecule has 5 nitrogen and oxygen atoms in total. The molecular formula is C29H22BrIN2O3. The molecule has 0 fully saturated rings. The van der Waals surface area contributed by atoms with Crippen LogP contribution in [0.2, 0.25) is 0 Å². The van der Waals surface area contributed by atoms with E-state index >= 15 is 0 Å². The molecule has 0 unspecified atom stereocenters. The van der Waals surface area contributed by atoms with Crippen molar-refractivity contribution in [3.05, 3.63) is 104 Å². The number of nitrogens with zero attached hydrogens (tertiary/aromatic N) is 1. The molecular weight excluding hydrogens is 631 g/mol. The average Bonchev–Trinajstić information content (AvgIpc) is 2.87. The normalized spacial score (nSPS) is 11.1. The van der Waals surface area contributed by atoms with Crippen LogP contribution in [0.15, 0.2) is 88.9 Å². The van der Waals surface area contributed by atoms with E-state index in [1.807, 2.05) is 43.3 Å². The van der Waals surface area contributed by atoms with Crippen LogP contribution in [0.25, 0.3) is 16.8 Å². The van der Waals surface area contributed by atoms with Gasteiger partial charge in [-0.1, -0.05) is 42.5 Å². The zero-order chi connectivity index (χ0) is 25.5. The van der Waals surface area contributed by atoms with Gasteiger partial charge in [0, 0.05) is 11.8 Å². The van der Waals surface area contributed by atoms with Crippen LogP contribution in [-0.2, 0) is 11.4 Å². The molecule has 7 heteroatoms. The van der Waals surface area contributed by atoms with Crippen LogP contribution in [0.3, 0.4) is 0 Å². The summed E-state index contributed by atoms with van der Waals surface area (Å²) < 4.78 is 13.2. The zero-order valence-electron chi connectivity index (χ0n) is 19.4. The third-order valence-corrected chi connectivity index (χ3v) is 6.69. The molecule has 0 aliphatic rings. The van der Waals surface area contributed by atoms with Gasteiger partial charge in [-0.2, -0.15) is 5.26 Å². The molecule has 36 heavy (non-hydrogen) atoms. The molecule has 0 saturated heterocycles. The van der Waals surface area contributed by atoms with E-state index in [0.29, 0.717) is 36.0 Å². The lowest BCUT2D eigenvalue weighted by molar-refractivity contribution is -0.112. The molecule has 0 radical (unpaired) electrons. The fourth-order valence-electron chi connectivity index (χ4n) is 3.63. The minimum absolute atomic E-state index is 0.00987. The summed E-state index contributed by atoms with van der Waals surface area (Å²) in [4.78, 5) is 12.7. The smallest absolute Gasteiger partial charge is 0.266 e. The van der Waals surface area contributed by atoms with Crippen molar-refractivity contribution >= 4 is 67.0 Å². The van der Waals surface area contributed by atoms with Crippen LogP contribution >= 0.6 is 38.5 Å². The molecule has 0 aromatic heterocycles. The molecule has 0 spiro atoms. The lowest BCUT2D eigenvalue weighted by Crippen LogP contribution is -2.13. The minimum Gasteiger partial charge on any atom is -0.494 e. The van der Waals surface area contributed by atoms with Gasteiger partial charge in [-0.05, 0) is 104 Å². The van der Waals surface area contributed by atoms with Crippen LogP contribution in [0.1, 0.15) is 18.1 Å². The van der Waals surface area contributed by atoms with E-state index in [0.717, 1.165) is 13.6 Å². The molecule has 0 aliphatic heterocycles. The molecule has 0 aliphatic carbocycles. The van der Waals surface area contributed by atoms with Crippen molar-refractivity contribution in [2.75, 3.05) is 11.9 Å². The maximum Gasteiger partial charge on any atom is 0.266 e. The molecule has 4 aromatic rings. The number of amides is 1. The predicted molar refractivity (Wildman–Crippen MR) is 155 cm³/mol. The average molecular weight is 653 g/mol. The standard InChI is InChI=1S/C29H22BrIN2O3/c1-2-35-25-9-5-8-24(16-25)33-29(34)23(17-32)13-20-14-26(30)28(27(31)15-20)36-18-19-10-11-21-6-3-4-7-22(21)12-19/h3-16H,2,18H2,1H3,(H,33,34)/b23-13-. The molecule has 0 heterocycles. The number of carbonyl (C=O) groups excluding carboxylic acids is 1. The second-order valence-electron chi connectivity index (χ2n) is 7.87. The van der Waals surface area contributed by atoms with E-state index in [4.69, 9.17) is 9.47 Å². The number of halogens is 2. The first kappa shape index (κ1) is 25.7. The van der Waals surface area contributed by atoms with Crippen LogP contribution in [0.5, 0.6) is 11.5 Å². The first-order chi connectivity index (χ1) is 17.5. The molecule has 1 amide bonds. The summed E-state index contributed by atoms with van der Waals surface area (Å²) in [6, 6.07) is 27.2. The van der Waals surface area contributed by atoms with Crippen LogP contribution in [0, 0.1) is 14.9 Å². The van der Waals surface area contributed by atoms with E-state index < -0.39 is 5.91 Å². The van der Waals surface area contributed by atoms with Gasteiger partial charge in [-0.15, -0.1) is 0 Å². The number of anilines is 1. The Morgan fingerprint density at radius 3 is 2.58 bits per heavy atom. The maximum absolute atomic E-state index is 12.7. The Balaban J connectivity index is 1.48. The summed E-state index contributed by atoms with van der Waals surface area (Å²) >= 11 is 5.77. The topological polar surface area (TPSA) is 71.3 Å². The van der Waals surface area contributed by atoms with Crippen LogP contribution < -0.4 is 14.8 Å². The van der Waals surface area contributed by atoms with E-state index in [1.54, 1.807) is 24.3 Å². The number of nitriles is 1. The Bertz CT molecular complexity index is 1470. The van der Waals surface area contributed by atoms with Gasteiger partial charge >= 0.3 is 0 Å². The number of ether oxygens (including phenoxy) is 2. The minimum atomic E-state index is -0.492. The second kappa shape index (κ2) is 12.1. The number of carbonyl (C=O) groups is 1. The molecule has 0 bridgehead atoms. The number of rotatable bonds is 8. The Hall–Kier alpha value is -3.35. The molecule has 0 saturated carbocycles. The van der Waals surface area contributed by atoms with Crippen molar-refractivity contribution < 1.29 is 14.3 Å². The first-order valence-electron chi connectivity index (χ1n) is 11.2. The number of fused-ring (bicyclic) bond motifs is 1. The highest BCUT2D eigenvalue weighted by Crippen LogP contribution is 2.33. The predicted octanol–water partition coefficient (Wildman–Crippen LogP) is 7.73. The van der Waals surface area contributed by atoms with Crippen molar-refractivity contribution in [1.29, 1.82) is 5.26 Å². The summed E-state index contributed by atoms with van der Waals surface area (Å²) in [5.74, 6) is 0.862. The van der Waals surface area contributed by atoms with E-state index in [-0.39, 0.29) is 5.57 Å². The molecule has 0 atom stereocenters. The monoisotopic (exact) mass is 652 g/mol. The van der Waals surface area contributed by atoms with E-state index in [9.17, 15) is 10.1 Å². The highest BCUT2D eigenvalue weighted by Gasteiger charge is 2.13. The largest absolute Gasteiger partial charge is 0.494 e. The Kier molecular flexibility index (Phi) is 8.62. The van der Waals surface area contributed by atoms with E-state index in [2.05, 4.69) is 74.2 Å². The van der Waals surface area contributed by atoms with Gasteiger partial charge < -0.3 is 14.8 Å². The number of benzene rings is 4. The zero-order valence-corrected chi connectivity index (χ0v) is 23.2. The third kappa shape index (κ3) is 6.45. The summed E-state index contributed by atoms with van der Waals surface area (Å²) in [5.41, 5.74) is 2.32. The summed E-state index contributed by atoms with van der Waals surface area (Å²) in [7, 11) is 0. The van der Waals surface area contributed by atoms with Crippen molar-refractivity contribution in [2.24, 2.45) is 0 Å². The van der Waals surface area contributed by atoms with Gasteiger partial charge in [0.2, 0.25) is 0 Å².